The van der Waals surface area contributed by atoms with E-state index in [2.05, 4.69) is 32.1 Å². The van der Waals surface area contributed by atoms with Crippen LogP contribution in [0.4, 0.5) is 0 Å². The first-order valence-corrected chi connectivity index (χ1v) is 7.01. The van der Waals surface area contributed by atoms with Crippen LogP contribution < -0.4 is 5.56 Å². The van der Waals surface area contributed by atoms with Crippen LogP contribution in [0.5, 0.6) is 0 Å². The van der Waals surface area contributed by atoms with Crippen molar-refractivity contribution in [2.45, 2.75) is 19.5 Å². The summed E-state index contributed by atoms with van der Waals surface area (Å²) in [5.41, 5.74) is 2.92. The summed E-state index contributed by atoms with van der Waals surface area (Å²) < 4.78 is 1.41. The van der Waals surface area contributed by atoms with E-state index in [1.54, 1.807) is 0 Å². The zero-order chi connectivity index (χ0) is 14.2. The minimum absolute atomic E-state index is 0.0214. The summed E-state index contributed by atoms with van der Waals surface area (Å²) in [4.78, 5) is 23.2. The van der Waals surface area contributed by atoms with Crippen LogP contribution in [0, 0.1) is 0 Å². The normalized spacial score (nSPS) is 15.2. The SMILES string of the molecule is O=c1c2c(nc3nc[nH]n13)CN(Cc1ccccc1)CC2. The van der Waals surface area contributed by atoms with E-state index in [-0.39, 0.29) is 5.56 Å². The molecule has 1 aliphatic heterocycles. The number of aromatic nitrogens is 4. The van der Waals surface area contributed by atoms with Crippen molar-refractivity contribution < 1.29 is 0 Å². The number of hydrogen-bond acceptors (Lipinski definition) is 4. The highest BCUT2D eigenvalue weighted by Crippen LogP contribution is 2.16. The smallest absolute Gasteiger partial charge is 0.277 e. The quantitative estimate of drug-likeness (QED) is 0.760. The molecule has 0 spiro atoms. The summed E-state index contributed by atoms with van der Waals surface area (Å²) >= 11 is 0. The van der Waals surface area contributed by atoms with E-state index in [4.69, 9.17) is 0 Å². The van der Waals surface area contributed by atoms with E-state index in [1.165, 1.54) is 16.4 Å². The van der Waals surface area contributed by atoms with Crippen molar-refractivity contribution >= 4 is 5.78 Å². The molecule has 3 aromatic rings. The number of rotatable bonds is 2. The van der Waals surface area contributed by atoms with Crippen molar-refractivity contribution in [3.05, 3.63) is 63.8 Å². The Bertz CT molecular complexity index is 836. The molecule has 0 amide bonds. The molecule has 0 radical (unpaired) electrons. The maximum Gasteiger partial charge on any atom is 0.277 e. The molecule has 0 unspecified atom stereocenters. The third kappa shape index (κ3) is 2.13. The van der Waals surface area contributed by atoms with Crippen molar-refractivity contribution in [3.8, 4) is 0 Å². The number of nitrogens with zero attached hydrogens (tertiary/aromatic N) is 4. The summed E-state index contributed by atoms with van der Waals surface area (Å²) in [5.74, 6) is 0.445. The third-order valence-electron chi connectivity index (χ3n) is 3.91. The van der Waals surface area contributed by atoms with Crippen LogP contribution in [0.25, 0.3) is 5.78 Å². The molecular weight excluding hydrogens is 266 g/mol. The lowest BCUT2D eigenvalue weighted by Gasteiger charge is -2.27. The average molecular weight is 281 g/mol. The molecule has 21 heavy (non-hydrogen) atoms. The van der Waals surface area contributed by atoms with Gasteiger partial charge >= 0.3 is 0 Å². The van der Waals surface area contributed by atoms with Gasteiger partial charge in [0.15, 0.2) is 0 Å². The molecular formula is C15H15N5O. The molecule has 1 aliphatic rings. The number of H-pyrrole nitrogens is 1. The minimum atomic E-state index is -0.0214. The van der Waals surface area contributed by atoms with Gasteiger partial charge in [-0.2, -0.15) is 4.52 Å². The van der Waals surface area contributed by atoms with Gasteiger partial charge in [-0.25, -0.2) is 9.97 Å². The highest BCUT2D eigenvalue weighted by atomic mass is 16.1. The number of hydrogen-bond donors (Lipinski definition) is 1. The lowest BCUT2D eigenvalue weighted by Crippen LogP contribution is -2.36. The summed E-state index contributed by atoms with van der Waals surface area (Å²) in [5, 5.41) is 2.81. The van der Waals surface area contributed by atoms with Crippen molar-refractivity contribution in [1.82, 2.24) is 24.5 Å². The molecule has 6 nitrogen and oxygen atoms in total. The summed E-state index contributed by atoms with van der Waals surface area (Å²) in [6, 6.07) is 10.4. The fourth-order valence-electron chi connectivity index (χ4n) is 2.85. The van der Waals surface area contributed by atoms with E-state index < -0.39 is 0 Å². The number of benzene rings is 1. The van der Waals surface area contributed by atoms with E-state index in [0.29, 0.717) is 12.3 Å². The Morgan fingerprint density at radius 3 is 2.95 bits per heavy atom. The highest BCUT2D eigenvalue weighted by molar-refractivity contribution is 5.32. The van der Waals surface area contributed by atoms with Gasteiger partial charge in [0.05, 0.1) is 5.69 Å². The van der Waals surface area contributed by atoms with Crippen LogP contribution in [-0.4, -0.2) is 31.0 Å². The Labute approximate surface area is 121 Å². The minimum Gasteiger partial charge on any atom is -0.293 e. The van der Waals surface area contributed by atoms with Crippen LogP contribution >= 0.6 is 0 Å². The van der Waals surface area contributed by atoms with E-state index in [1.807, 2.05) is 18.2 Å². The van der Waals surface area contributed by atoms with Crippen LogP contribution in [-0.2, 0) is 19.5 Å². The first kappa shape index (κ1) is 12.3. The predicted octanol–water partition coefficient (Wildman–Crippen LogP) is 0.976. The lowest BCUT2D eigenvalue weighted by atomic mass is 10.1. The molecule has 2 aromatic heterocycles. The van der Waals surface area contributed by atoms with E-state index in [0.717, 1.165) is 30.8 Å². The average Bonchev–Trinajstić information content (AvgIpc) is 2.97. The Morgan fingerprint density at radius 1 is 1.24 bits per heavy atom. The molecule has 0 atom stereocenters. The van der Waals surface area contributed by atoms with Crippen molar-refractivity contribution in [3.63, 3.8) is 0 Å². The van der Waals surface area contributed by atoms with Gasteiger partial charge < -0.3 is 0 Å². The van der Waals surface area contributed by atoms with Crippen molar-refractivity contribution in [2.24, 2.45) is 0 Å². The molecule has 1 N–H and O–H groups in total. The van der Waals surface area contributed by atoms with Gasteiger partial charge in [0.2, 0.25) is 0 Å². The van der Waals surface area contributed by atoms with Gasteiger partial charge in [-0.15, -0.1) is 0 Å². The van der Waals surface area contributed by atoms with E-state index in [9.17, 15) is 4.79 Å². The summed E-state index contributed by atoms with van der Waals surface area (Å²) in [7, 11) is 0. The zero-order valence-electron chi connectivity index (χ0n) is 11.5. The lowest BCUT2D eigenvalue weighted by molar-refractivity contribution is 0.240. The Balaban J connectivity index is 1.65. The summed E-state index contributed by atoms with van der Waals surface area (Å²) in [6.07, 6.45) is 2.23. The molecule has 0 fully saturated rings. The second-order valence-electron chi connectivity index (χ2n) is 5.31. The van der Waals surface area contributed by atoms with Crippen LogP contribution in [0.3, 0.4) is 0 Å². The largest absolute Gasteiger partial charge is 0.293 e. The second-order valence-corrected chi connectivity index (χ2v) is 5.31. The number of nitrogens with one attached hydrogen (secondary N) is 1. The maximum absolute atomic E-state index is 12.3. The Kier molecular flexibility index (Phi) is 2.82. The Morgan fingerprint density at radius 2 is 2.10 bits per heavy atom. The summed E-state index contributed by atoms with van der Waals surface area (Å²) in [6.45, 7) is 2.45. The van der Waals surface area contributed by atoms with Crippen LogP contribution in [0.2, 0.25) is 0 Å². The first-order chi connectivity index (χ1) is 10.3. The third-order valence-corrected chi connectivity index (χ3v) is 3.91. The van der Waals surface area contributed by atoms with Gasteiger partial charge in [-0.05, 0) is 12.0 Å². The van der Waals surface area contributed by atoms with E-state index >= 15 is 0 Å². The molecule has 1 aromatic carbocycles. The maximum atomic E-state index is 12.3. The molecule has 6 heteroatoms. The van der Waals surface area contributed by atoms with Gasteiger partial charge in [0, 0.05) is 25.2 Å². The number of aromatic amines is 1. The van der Waals surface area contributed by atoms with Gasteiger partial charge in [-0.1, -0.05) is 30.3 Å². The fraction of sp³-hybridized carbons (Fsp3) is 0.267. The molecule has 0 bridgehead atoms. The van der Waals surface area contributed by atoms with Gasteiger partial charge in [-0.3, -0.25) is 14.8 Å². The van der Waals surface area contributed by atoms with Crippen molar-refractivity contribution in [1.29, 1.82) is 0 Å². The van der Waals surface area contributed by atoms with Crippen molar-refractivity contribution in [2.75, 3.05) is 6.54 Å². The fourth-order valence-corrected chi connectivity index (χ4v) is 2.85. The molecule has 0 aliphatic carbocycles. The van der Waals surface area contributed by atoms with Gasteiger partial charge in [0.1, 0.15) is 6.33 Å². The first-order valence-electron chi connectivity index (χ1n) is 7.01. The zero-order valence-corrected chi connectivity index (χ0v) is 11.5. The molecule has 3 heterocycles. The Hall–Kier alpha value is -2.47. The topological polar surface area (TPSA) is 66.3 Å². The van der Waals surface area contributed by atoms with Crippen LogP contribution in [0.15, 0.2) is 41.5 Å². The van der Waals surface area contributed by atoms with Crippen LogP contribution in [0.1, 0.15) is 16.8 Å². The monoisotopic (exact) mass is 281 g/mol. The molecule has 0 saturated heterocycles. The molecule has 106 valence electrons. The molecule has 4 rings (SSSR count). The predicted molar refractivity (Wildman–Crippen MR) is 77.9 cm³/mol. The van der Waals surface area contributed by atoms with Gasteiger partial charge in [0.25, 0.3) is 11.3 Å². The highest BCUT2D eigenvalue weighted by Gasteiger charge is 2.22. The second kappa shape index (κ2) is 4.82. The number of fused-ring (bicyclic) bond motifs is 2. The standard InChI is InChI=1S/C15H15N5O/c21-14-12-6-7-19(8-11-4-2-1-3-5-11)9-13(12)18-15-16-10-17-20(14)15/h1-5,10H,6-9H2,(H,16,17,18). The molecule has 0 saturated carbocycles.